The molecule has 0 fully saturated rings. The van der Waals surface area contributed by atoms with Crippen molar-refractivity contribution in [1.82, 2.24) is 0 Å². The third kappa shape index (κ3) is 11.0. The van der Waals surface area contributed by atoms with Crippen LogP contribution in [0.4, 0.5) is 0 Å². The van der Waals surface area contributed by atoms with Crippen molar-refractivity contribution in [1.29, 1.82) is 0 Å². The van der Waals surface area contributed by atoms with E-state index in [1.165, 1.54) is 0 Å². The van der Waals surface area contributed by atoms with Crippen molar-refractivity contribution in [3.05, 3.63) is 0 Å². The Bertz CT molecular complexity index is 389. The highest BCUT2D eigenvalue weighted by Crippen LogP contribution is 2.20. The molecule has 2 N–H and O–H groups in total. The number of hydrogen-bond acceptors (Lipinski definition) is 4. The molecular formula is C17H32NO5+. The molecule has 0 spiro atoms. The molecule has 0 amide bonds. The number of likely N-dealkylation sites (N-methyl/N-ethyl adjacent to an activating group) is 1. The Morgan fingerprint density at radius 3 is 2.00 bits per heavy atom. The van der Waals surface area contributed by atoms with E-state index in [-0.39, 0.29) is 18.7 Å². The van der Waals surface area contributed by atoms with Crippen LogP contribution >= 0.6 is 0 Å². The fourth-order valence-corrected chi connectivity index (χ4v) is 2.73. The lowest BCUT2D eigenvalue weighted by atomic mass is 9.89. The molecule has 1 atom stereocenters. The van der Waals surface area contributed by atoms with Gasteiger partial charge >= 0.3 is 5.97 Å². The molecule has 134 valence electrons. The van der Waals surface area contributed by atoms with Gasteiger partial charge in [-0.05, 0) is 12.8 Å². The summed E-state index contributed by atoms with van der Waals surface area (Å²) in [4.78, 5) is 33.4. The summed E-state index contributed by atoms with van der Waals surface area (Å²) in [6.45, 7) is 0.0871. The maximum atomic E-state index is 12.3. The van der Waals surface area contributed by atoms with Crippen LogP contribution in [0.2, 0.25) is 0 Å². The van der Waals surface area contributed by atoms with Crippen LogP contribution < -0.4 is 0 Å². The molecule has 1 unspecified atom stereocenters. The van der Waals surface area contributed by atoms with Gasteiger partial charge in [0.2, 0.25) is 0 Å². The largest absolute Gasteiger partial charge is 0.481 e. The number of ketones is 1. The second-order valence-electron chi connectivity index (χ2n) is 7.30. The number of carboxylic acid groups (broad SMARTS) is 1. The minimum atomic E-state index is -1.80. The number of carboxylic acids is 1. The van der Waals surface area contributed by atoms with E-state index in [0.717, 1.165) is 38.4 Å². The molecule has 0 saturated carbocycles. The zero-order valence-electron chi connectivity index (χ0n) is 14.7. The normalized spacial score (nSPS) is 14.3. The average molecular weight is 330 g/mol. The summed E-state index contributed by atoms with van der Waals surface area (Å²) >= 11 is 0. The van der Waals surface area contributed by atoms with Gasteiger partial charge in [0.25, 0.3) is 0 Å². The van der Waals surface area contributed by atoms with Crippen molar-refractivity contribution in [2.24, 2.45) is 0 Å². The van der Waals surface area contributed by atoms with Gasteiger partial charge in [-0.1, -0.05) is 25.7 Å². The van der Waals surface area contributed by atoms with E-state index in [4.69, 9.17) is 5.11 Å². The lowest BCUT2D eigenvalue weighted by Gasteiger charge is -2.33. The molecule has 0 aliphatic rings. The van der Waals surface area contributed by atoms with Crippen LogP contribution in [0.15, 0.2) is 0 Å². The van der Waals surface area contributed by atoms with E-state index < -0.39 is 18.0 Å². The summed E-state index contributed by atoms with van der Waals surface area (Å²) in [7, 11) is 5.46. The lowest BCUT2D eigenvalue weighted by molar-refractivity contribution is -0.875. The zero-order chi connectivity index (χ0) is 17.9. The summed E-state index contributed by atoms with van der Waals surface area (Å²) in [5, 5.41) is 19.5. The number of aldehydes is 1. The van der Waals surface area contributed by atoms with Gasteiger partial charge in [0.1, 0.15) is 12.8 Å². The maximum Gasteiger partial charge on any atom is 0.306 e. The summed E-state index contributed by atoms with van der Waals surface area (Å²) in [5.74, 6) is -1.54. The van der Waals surface area contributed by atoms with Crippen molar-refractivity contribution in [3.63, 3.8) is 0 Å². The minimum absolute atomic E-state index is 0.0871. The van der Waals surface area contributed by atoms with Crippen LogP contribution in [0, 0.1) is 0 Å². The molecule has 0 saturated heterocycles. The number of aliphatic hydroxyl groups is 1. The van der Waals surface area contributed by atoms with Crippen molar-refractivity contribution < 1.29 is 29.1 Å². The van der Waals surface area contributed by atoms with E-state index >= 15 is 0 Å². The van der Waals surface area contributed by atoms with E-state index in [2.05, 4.69) is 0 Å². The van der Waals surface area contributed by atoms with Gasteiger partial charge < -0.3 is 19.5 Å². The third-order valence-electron chi connectivity index (χ3n) is 3.67. The first-order valence-electron chi connectivity index (χ1n) is 8.32. The molecule has 6 nitrogen and oxygen atoms in total. The van der Waals surface area contributed by atoms with Gasteiger partial charge in [-0.25, -0.2) is 0 Å². The Labute approximate surface area is 139 Å². The van der Waals surface area contributed by atoms with Gasteiger partial charge in [0.15, 0.2) is 11.4 Å². The zero-order valence-corrected chi connectivity index (χ0v) is 14.7. The van der Waals surface area contributed by atoms with Crippen molar-refractivity contribution in [2.45, 2.75) is 63.4 Å². The smallest absolute Gasteiger partial charge is 0.306 e. The molecule has 23 heavy (non-hydrogen) atoms. The number of aliphatic carboxylic acids is 1. The van der Waals surface area contributed by atoms with E-state index in [1.807, 2.05) is 21.1 Å². The van der Waals surface area contributed by atoms with Crippen molar-refractivity contribution >= 4 is 18.0 Å². The number of carbonyl (C=O) groups excluding carboxylic acids is 2. The van der Waals surface area contributed by atoms with Crippen LogP contribution in [-0.2, 0) is 14.4 Å². The molecule has 0 aliphatic carbocycles. The summed E-state index contributed by atoms with van der Waals surface area (Å²) in [5.41, 5.74) is -1.80. The van der Waals surface area contributed by atoms with E-state index in [9.17, 15) is 19.5 Å². The Morgan fingerprint density at radius 2 is 1.52 bits per heavy atom. The summed E-state index contributed by atoms with van der Waals surface area (Å²) in [6.07, 6.45) is 6.65. The van der Waals surface area contributed by atoms with Crippen molar-refractivity contribution in [3.8, 4) is 0 Å². The second-order valence-corrected chi connectivity index (χ2v) is 7.30. The third-order valence-corrected chi connectivity index (χ3v) is 3.67. The number of nitrogens with zero attached hydrogens (tertiary/aromatic N) is 1. The highest BCUT2D eigenvalue weighted by atomic mass is 16.4. The quantitative estimate of drug-likeness (QED) is 0.288. The van der Waals surface area contributed by atoms with Gasteiger partial charge in [-0.15, -0.1) is 0 Å². The minimum Gasteiger partial charge on any atom is -0.481 e. The Kier molecular flexibility index (Phi) is 9.91. The SMILES string of the molecule is C[N+](C)(C)CC(O)(CC(=O)O)C(=O)CCCCCCCCC=O. The molecule has 0 aromatic carbocycles. The fraction of sp³-hybridized carbons (Fsp3) is 0.824. The highest BCUT2D eigenvalue weighted by molar-refractivity contribution is 5.90. The highest BCUT2D eigenvalue weighted by Gasteiger charge is 2.42. The second kappa shape index (κ2) is 10.5. The monoisotopic (exact) mass is 330 g/mol. The lowest BCUT2D eigenvalue weighted by Crippen LogP contribution is -2.54. The first-order chi connectivity index (χ1) is 10.6. The molecule has 6 heteroatoms. The van der Waals surface area contributed by atoms with E-state index in [0.29, 0.717) is 17.3 Å². The number of carbonyl (C=O) groups is 3. The molecule has 0 radical (unpaired) electrons. The van der Waals surface area contributed by atoms with Crippen LogP contribution in [0.5, 0.6) is 0 Å². The molecule has 0 aliphatic heterocycles. The molecule has 0 heterocycles. The maximum absolute atomic E-state index is 12.3. The van der Waals surface area contributed by atoms with Gasteiger partial charge in [0.05, 0.1) is 27.6 Å². The number of unbranched alkanes of at least 4 members (excludes halogenated alkanes) is 6. The van der Waals surface area contributed by atoms with Crippen LogP contribution in [0.1, 0.15) is 57.8 Å². The molecule has 0 bridgehead atoms. The van der Waals surface area contributed by atoms with Gasteiger partial charge in [0, 0.05) is 12.8 Å². The van der Waals surface area contributed by atoms with Crippen molar-refractivity contribution in [2.75, 3.05) is 27.7 Å². The standard InChI is InChI=1S/C17H31NO5/c1-18(2,3)14-17(23,13-16(21)22)15(20)11-9-7-5-4-6-8-10-12-19/h12,23H,4-11,13-14H2,1-3H3/p+1. The first kappa shape index (κ1) is 21.7. The number of quaternary nitrogens is 1. The topological polar surface area (TPSA) is 91.7 Å². The van der Waals surface area contributed by atoms with Crippen LogP contribution in [0.25, 0.3) is 0 Å². The Balaban J connectivity index is 4.24. The summed E-state index contributed by atoms with van der Waals surface area (Å²) in [6, 6.07) is 0. The predicted octanol–water partition coefficient (Wildman–Crippen LogP) is 1.79. The number of Topliss-reactive ketones (excluding diaryl/α,β-unsaturated/α-hetero) is 1. The Hall–Kier alpha value is -1.27. The average Bonchev–Trinajstić information content (AvgIpc) is 2.38. The summed E-state index contributed by atoms with van der Waals surface area (Å²) < 4.78 is 0.326. The Morgan fingerprint density at radius 1 is 1.00 bits per heavy atom. The predicted molar refractivity (Wildman–Crippen MR) is 88.1 cm³/mol. The molecule has 0 aromatic heterocycles. The van der Waals surface area contributed by atoms with Crippen LogP contribution in [-0.4, -0.2) is 66.0 Å². The molecule has 0 rings (SSSR count). The fourth-order valence-electron chi connectivity index (χ4n) is 2.73. The first-order valence-corrected chi connectivity index (χ1v) is 8.32. The van der Waals surface area contributed by atoms with Crippen LogP contribution in [0.3, 0.4) is 0 Å². The number of rotatable bonds is 14. The van der Waals surface area contributed by atoms with Gasteiger partial charge in [-0.2, -0.15) is 0 Å². The molecule has 0 aromatic rings. The molecular weight excluding hydrogens is 298 g/mol. The number of hydrogen-bond donors (Lipinski definition) is 2. The van der Waals surface area contributed by atoms with Gasteiger partial charge in [-0.3, -0.25) is 9.59 Å². The van der Waals surface area contributed by atoms with E-state index in [1.54, 1.807) is 0 Å².